The summed E-state index contributed by atoms with van der Waals surface area (Å²) in [6.45, 7) is 10.2. The SMILES string of the molecule is CCCNCc1nc(NC(C)(C)C)ccc1Cl. The van der Waals surface area contributed by atoms with Crippen LogP contribution in [0.5, 0.6) is 0 Å². The van der Waals surface area contributed by atoms with Gasteiger partial charge in [-0.05, 0) is 45.9 Å². The Morgan fingerprint density at radius 1 is 1.29 bits per heavy atom. The zero-order valence-corrected chi connectivity index (χ0v) is 11.9. The van der Waals surface area contributed by atoms with E-state index in [9.17, 15) is 0 Å². The minimum Gasteiger partial charge on any atom is -0.365 e. The molecule has 0 unspecified atom stereocenters. The first-order chi connectivity index (χ1) is 7.92. The lowest BCUT2D eigenvalue weighted by Crippen LogP contribution is -2.27. The molecule has 0 saturated carbocycles. The molecular weight excluding hydrogens is 234 g/mol. The molecule has 3 nitrogen and oxygen atoms in total. The molecule has 0 aliphatic rings. The molecule has 0 amide bonds. The normalized spacial score (nSPS) is 11.6. The lowest BCUT2D eigenvalue weighted by atomic mass is 10.1. The fourth-order valence-electron chi connectivity index (χ4n) is 1.45. The third kappa shape index (κ3) is 5.37. The van der Waals surface area contributed by atoms with Gasteiger partial charge in [-0.3, -0.25) is 0 Å². The van der Waals surface area contributed by atoms with Crippen molar-refractivity contribution in [3.63, 3.8) is 0 Å². The predicted octanol–water partition coefficient (Wildman–Crippen LogP) is 3.45. The molecule has 1 aromatic rings. The number of anilines is 1. The van der Waals surface area contributed by atoms with Gasteiger partial charge in [-0.2, -0.15) is 0 Å². The van der Waals surface area contributed by atoms with E-state index < -0.39 is 0 Å². The highest BCUT2D eigenvalue weighted by atomic mass is 35.5. The van der Waals surface area contributed by atoms with Gasteiger partial charge in [-0.15, -0.1) is 0 Å². The van der Waals surface area contributed by atoms with Crippen LogP contribution in [-0.2, 0) is 6.54 Å². The van der Waals surface area contributed by atoms with Crippen LogP contribution in [0.25, 0.3) is 0 Å². The first-order valence-corrected chi connectivity index (χ1v) is 6.44. The summed E-state index contributed by atoms with van der Waals surface area (Å²) in [5.41, 5.74) is 0.906. The van der Waals surface area contributed by atoms with Crippen LogP contribution < -0.4 is 10.6 Å². The van der Waals surface area contributed by atoms with Gasteiger partial charge in [-0.25, -0.2) is 4.98 Å². The van der Waals surface area contributed by atoms with Crippen molar-refractivity contribution in [2.45, 2.75) is 46.2 Å². The van der Waals surface area contributed by atoms with Gasteiger partial charge >= 0.3 is 0 Å². The molecule has 0 radical (unpaired) electrons. The van der Waals surface area contributed by atoms with E-state index in [4.69, 9.17) is 11.6 Å². The van der Waals surface area contributed by atoms with Crippen LogP contribution in [0.15, 0.2) is 12.1 Å². The van der Waals surface area contributed by atoms with Crippen LogP contribution in [0, 0.1) is 0 Å². The van der Waals surface area contributed by atoms with E-state index >= 15 is 0 Å². The molecule has 1 rings (SSSR count). The van der Waals surface area contributed by atoms with Crippen LogP contribution in [0.3, 0.4) is 0 Å². The molecule has 0 saturated heterocycles. The lowest BCUT2D eigenvalue weighted by Gasteiger charge is -2.21. The van der Waals surface area contributed by atoms with Crippen molar-refractivity contribution >= 4 is 17.4 Å². The van der Waals surface area contributed by atoms with E-state index in [2.05, 4.69) is 43.3 Å². The maximum Gasteiger partial charge on any atom is 0.126 e. The van der Waals surface area contributed by atoms with E-state index in [1.807, 2.05) is 12.1 Å². The van der Waals surface area contributed by atoms with Crippen LogP contribution in [-0.4, -0.2) is 17.1 Å². The third-order valence-electron chi connectivity index (χ3n) is 2.14. The standard InChI is InChI=1S/C13H22ClN3/c1-5-8-15-9-11-10(14)6-7-12(16-11)17-13(2,3)4/h6-7,15H,5,8-9H2,1-4H3,(H,16,17). The molecule has 0 fully saturated rings. The second-order valence-corrected chi connectivity index (χ2v) is 5.58. The molecule has 0 aromatic carbocycles. The first kappa shape index (κ1) is 14.3. The van der Waals surface area contributed by atoms with Crippen molar-refractivity contribution in [1.82, 2.24) is 10.3 Å². The summed E-state index contributed by atoms with van der Waals surface area (Å²) in [6.07, 6.45) is 1.11. The highest BCUT2D eigenvalue weighted by Gasteiger charge is 2.11. The molecule has 0 atom stereocenters. The smallest absolute Gasteiger partial charge is 0.126 e. The summed E-state index contributed by atoms with van der Waals surface area (Å²) in [5.74, 6) is 0.871. The number of hydrogen-bond donors (Lipinski definition) is 2. The third-order valence-corrected chi connectivity index (χ3v) is 2.49. The number of halogens is 1. The monoisotopic (exact) mass is 255 g/mol. The maximum atomic E-state index is 6.12. The van der Waals surface area contributed by atoms with Crippen molar-refractivity contribution in [1.29, 1.82) is 0 Å². The molecule has 2 N–H and O–H groups in total. The Hall–Kier alpha value is -0.800. The fraction of sp³-hybridized carbons (Fsp3) is 0.615. The average Bonchev–Trinajstić information content (AvgIpc) is 2.21. The van der Waals surface area contributed by atoms with Crippen molar-refractivity contribution in [2.75, 3.05) is 11.9 Å². The zero-order chi connectivity index (χ0) is 12.9. The number of pyridine rings is 1. The Labute approximate surface area is 109 Å². The van der Waals surface area contributed by atoms with Crippen LogP contribution in [0.1, 0.15) is 39.8 Å². The van der Waals surface area contributed by atoms with Gasteiger partial charge in [-0.1, -0.05) is 18.5 Å². The van der Waals surface area contributed by atoms with Crippen molar-refractivity contribution in [3.05, 3.63) is 22.8 Å². The van der Waals surface area contributed by atoms with Crippen LogP contribution >= 0.6 is 11.6 Å². The highest BCUT2D eigenvalue weighted by Crippen LogP contribution is 2.19. The quantitative estimate of drug-likeness (QED) is 0.792. The van der Waals surface area contributed by atoms with E-state index in [1.165, 1.54) is 0 Å². The predicted molar refractivity (Wildman–Crippen MR) is 74.6 cm³/mol. The molecule has 17 heavy (non-hydrogen) atoms. The molecular formula is C13H22ClN3. The molecule has 0 bridgehead atoms. The topological polar surface area (TPSA) is 37.0 Å². The maximum absolute atomic E-state index is 6.12. The molecule has 0 aliphatic heterocycles. The van der Waals surface area contributed by atoms with Gasteiger partial charge in [0, 0.05) is 12.1 Å². The second kappa shape index (κ2) is 6.22. The minimum absolute atomic E-state index is 0.00888. The van der Waals surface area contributed by atoms with Crippen molar-refractivity contribution in [3.8, 4) is 0 Å². The summed E-state index contributed by atoms with van der Waals surface area (Å²) >= 11 is 6.12. The van der Waals surface area contributed by atoms with Gasteiger partial charge in [0.25, 0.3) is 0 Å². The summed E-state index contributed by atoms with van der Waals surface area (Å²) < 4.78 is 0. The zero-order valence-electron chi connectivity index (χ0n) is 11.1. The summed E-state index contributed by atoms with van der Waals surface area (Å²) in [5, 5.41) is 7.36. The summed E-state index contributed by atoms with van der Waals surface area (Å²) in [4.78, 5) is 4.52. The fourth-order valence-corrected chi connectivity index (χ4v) is 1.62. The average molecular weight is 256 g/mol. The molecule has 0 aliphatic carbocycles. The van der Waals surface area contributed by atoms with E-state index in [1.54, 1.807) is 0 Å². The number of rotatable bonds is 5. The van der Waals surface area contributed by atoms with Crippen molar-refractivity contribution < 1.29 is 0 Å². The first-order valence-electron chi connectivity index (χ1n) is 6.06. The van der Waals surface area contributed by atoms with E-state index in [0.717, 1.165) is 24.5 Å². The van der Waals surface area contributed by atoms with E-state index in [-0.39, 0.29) is 5.54 Å². The Kier molecular flexibility index (Phi) is 5.22. The Bertz CT molecular complexity index is 358. The number of nitrogens with zero attached hydrogens (tertiary/aromatic N) is 1. The Balaban J connectivity index is 2.72. The van der Waals surface area contributed by atoms with Crippen LogP contribution in [0.2, 0.25) is 5.02 Å². The summed E-state index contributed by atoms with van der Waals surface area (Å²) in [7, 11) is 0. The Morgan fingerprint density at radius 2 is 2.00 bits per heavy atom. The highest BCUT2D eigenvalue weighted by molar-refractivity contribution is 6.31. The number of aromatic nitrogens is 1. The summed E-state index contributed by atoms with van der Waals surface area (Å²) in [6, 6.07) is 3.81. The van der Waals surface area contributed by atoms with Gasteiger partial charge in [0.15, 0.2) is 0 Å². The van der Waals surface area contributed by atoms with Gasteiger partial charge in [0.05, 0.1) is 10.7 Å². The molecule has 0 spiro atoms. The molecule has 1 heterocycles. The van der Waals surface area contributed by atoms with Gasteiger partial charge in [0.2, 0.25) is 0 Å². The van der Waals surface area contributed by atoms with E-state index in [0.29, 0.717) is 11.6 Å². The van der Waals surface area contributed by atoms with Crippen molar-refractivity contribution in [2.24, 2.45) is 0 Å². The number of hydrogen-bond acceptors (Lipinski definition) is 3. The largest absolute Gasteiger partial charge is 0.365 e. The minimum atomic E-state index is 0.00888. The number of nitrogens with one attached hydrogen (secondary N) is 2. The van der Waals surface area contributed by atoms with Crippen LogP contribution in [0.4, 0.5) is 5.82 Å². The van der Waals surface area contributed by atoms with Gasteiger partial charge in [0.1, 0.15) is 5.82 Å². The molecule has 1 aromatic heterocycles. The Morgan fingerprint density at radius 3 is 2.59 bits per heavy atom. The second-order valence-electron chi connectivity index (χ2n) is 5.18. The molecule has 96 valence electrons. The van der Waals surface area contributed by atoms with Gasteiger partial charge < -0.3 is 10.6 Å². The lowest BCUT2D eigenvalue weighted by molar-refractivity contribution is 0.626. The molecule has 4 heteroatoms.